The van der Waals surface area contributed by atoms with Crippen LogP contribution in [0.1, 0.15) is 18.4 Å². The lowest BCUT2D eigenvalue weighted by Gasteiger charge is -2.31. The molecular formula is C23H25N5O3S. The molecule has 1 unspecified atom stereocenters. The van der Waals surface area contributed by atoms with Gasteiger partial charge >= 0.3 is 0 Å². The third kappa shape index (κ3) is 4.81. The molecule has 9 heteroatoms. The molecule has 1 aromatic carbocycles. The van der Waals surface area contributed by atoms with Gasteiger partial charge in [0, 0.05) is 72.0 Å². The second-order valence-electron chi connectivity index (χ2n) is 8.00. The third-order valence-corrected chi connectivity index (χ3v) is 6.38. The van der Waals surface area contributed by atoms with Gasteiger partial charge < -0.3 is 13.7 Å². The van der Waals surface area contributed by atoms with Crippen molar-refractivity contribution < 1.29 is 13.7 Å². The Kier molecular flexibility index (Phi) is 6.13. The van der Waals surface area contributed by atoms with Crippen molar-refractivity contribution in [2.45, 2.75) is 25.4 Å². The number of furan rings is 1. The minimum atomic E-state index is -0.954. The molecule has 0 spiro atoms. The first-order valence-electron chi connectivity index (χ1n) is 10.6. The maximum atomic E-state index is 11.4. The number of nitrogens with zero attached hydrogens (tertiary/aromatic N) is 3. The molecule has 0 amide bonds. The Morgan fingerprint density at radius 1 is 1.25 bits per heavy atom. The molecule has 0 radical (unpaired) electrons. The number of likely N-dealkylation sites (tertiary alicyclic amines) is 1. The van der Waals surface area contributed by atoms with Gasteiger partial charge in [-0.3, -0.25) is 10.00 Å². The van der Waals surface area contributed by atoms with Gasteiger partial charge in [-0.15, -0.1) is 4.72 Å². The van der Waals surface area contributed by atoms with Gasteiger partial charge in [0.2, 0.25) is 5.88 Å². The van der Waals surface area contributed by atoms with Crippen molar-refractivity contribution >= 4 is 22.3 Å². The highest BCUT2D eigenvalue weighted by molar-refractivity contribution is 7.88. The summed E-state index contributed by atoms with van der Waals surface area (Å²) in [5.41, 5.74) is 3.82. The van der Waals surface area contributed by atoms with Gasteiger partial charge in [0.25, 0.3) is 0 Å². The van der Waals surface area contributed by atoms with Crippen LogP contribution < -0.4 is 9.46 Å². The van der Waals surface area contributed by atoms with Crippen LogP contribution in [-0.4, -0.2) is 50.0 Å². The standard InChI is InChI=1S/C23H25N5O3S/c1-32(29)27-18-7-10-28(11-8-18)14-17-15-30-22-12-19(3-4-20(17)22)31-23-5-2-16(13-24-23)21-6-9-25-26-21/h2-6,9,12-13,15,18,27H,7-8,10-11,14H2,1H3,(H,25,26). The summed E-state index contributed by atoms with van der Waals surface area (Å²) in [6, 6.07) is 11.9. The van der Waals surface area contributed by atoms with Crippen molar-refractivity contribution in [3.05, 3.63) is 60.6 Å². The molecule has 1 saturated heterocycles. The Morgan fingerprint density at radius 3 is 2.84 bits per heavy atom. The minimum Gasteiger partial charge on any atom is -0.598 e. The second-order valence-corrected chi connectivity index (χ2v) is 9.14. The Bertz CT molecular complexity index is 1150. The third-order valence-electron chi connectivity index (χ3n) is 5.71. The minimum absolute atomic E-state index is 0.333. The van der Waals surface area contributed by atoms with Crippen LogP contribution in [0.25, 0.3) is 22.2 Å². The monoisotopic (exact) mass is 451 g/mol. The Balaban J connectivity index is 1.22. The Hall–Kier alpha value is -2.85. The summed E-state index contributed by atoms with van der Waals surface area (Å²) in [5.74, 6) is 1.20. The average molecular weight is 452 g/mol. The number of pyridine rings is 1. The lowest BCUT2D eigenvalue weighted by Crippen LogP contribution is -2.43. The summed E-state index contributed by atoms with van der Waals surface area (Å²) < 4.78 is 26.2. The predicted octanol–water partition coefficient (Wildman–Crippen LogP) is 3.86. The topological polar surface area (TPSA) is 102 Å². The molecular weight excluding hydrogens is 426 g/mol. The number of rotatable bonds is 7. The largest absolute Gasteiger partial charge is 0.598 e. The average Bonchev–Trinajstić information content (AvgIpc) is 3.46. The van der Waals surface area contributed by atoms with Crippen molar-refractivity contribution in [1.82, 2.24) is 24.8 Å². The van der Waals surface area contributed by atoms with E-state index in [1.165, 1.54) is 5.56 Å². The van der Waals surface area contributed by atoms with Gasteiger partial charge in [0.05, 0.1) is 18.0 Å². The van der Waals surface area contributed by atoms with Crippen LogP contribution in [0.5, 0.6) is 11.6 Å². The summed E-state index contributed by atoms with van der Waals surface area (Å²) in [6.45, 7) is 2.79. The number of aromatic nitrogens is 3. The maximum Gasteiger partial charge on any atom is 0.219 e. The van der Waals surface area contributed by atoms with Crippen LogP contribution in [-0.2, 0) is 17.9 Å². The van der Waals surface area contributed by atoms with Crippen LogP contribution in [0.2, 0.25) is 0 Å². The summed E-state index contributed by atoms with van der Waals surface area (Å²) >= 11 is -0.954. The zero-order valence-electron chi connectivity index (χ0n) is 17.8. The first kappa shape index (κ1) is 21.0. The van der Waals surface area contributed by atoms with Gasteiger partial charge in [0.1, 0.15) is 17.6 Å². The van der Waals surface area contributed by atoms with Gasteiger partial charge in [0.15, 0.2) is 0 Å². The van der Waals surface area contributed by atoms with E-state index in [0.29, 0.717) is 17.7 Å². The van der Waals surface area contributed by atoms with Crippen molar-refractivity contribution in [2.24, 2.45) is 0 Å². The fourth-order valence-corrected chi connectivity index (χ4v) is 4.78. The van der Waals surface area contributed by atoms with Crippen molar-refractivity contribution in [2.75, 3.05) is 19.3 Å². The molecule has 0 bridgehead atoms. The molecule has 1 aliphatic rings. The second kappa shape index (κ2) is 9.33. The molecule has 32 heavy (non-hydrogen) atoms. The van der Waals surface area contributed by atoms with E-state index in [1.54, 1.807) is 18.6 Å². The van der Waals surface area contributed by atoms with Crippen LogP contribution in [0.15, 0.2) is 59.5 Å². The molecule has 2 N–H and O–H groups in total. The lowest BCUT2D eigenvalue weighted by molar-refractivity contribution is 0.200. The van der Waals surface area contributed by atoms with E-state index in [2.05, 4.69) is 24.8 Å². The molecule has 8 nitrogen and oxygen atoms in total. The van der Waals surface area contributed by atoms with E-state index in [0.717, 1.165) is 54.7 Å². The van der Waals surface area contributed by atoms with Crippen LogP contribution in [0.3, 0.4) is 0 Å². The summed E-state index contributed by atoms with van der Waals surface area (Å²) in [6.07, 6.45) is 8.98. The SMILES string of the molecule is C[S+]([O-])NC1CCN(Cc2coc3cc(Oc4ccc(-c5ccn[nH]5)cn4)ccc23)CC1. The molecule has 1 fully saturated rings. The molecule has 4 heterocycles. The molecule has 3 aromatic heterocycles. The Labute approximate surface area is 189 Å². The number of piperidine rings is 1. The lowest BCUT2D eigenvalue weighted by atomic mass is 10.1. The van der Waals surface area contributed by atoms with Crippen molar-refractivity contribution in [3.8, 4) is 22.9 Å². The first-order valence-corrected chi connectivity index (χ1v) is 12.2. The highest BCUT2D eigenvalue weighted by atomic mass is 32.2. The first-order chi connectivity index (χ1) is 15.6. The van der Waals surface area contributed by atoms with E-state index in [-0.39, 0.29) is 0 Å². The number of H-pyrrole nitrogens is 1. The van der Waals surface area contributed by atoms with E-state index < -0.39 is 11.4 Å². The van der Waals surface area contributed by atoms with Crippen LogP contribution in [0, 0.1) is 0 Å². The van der Waals surface area contributed by atoms with Crippen LogP contribution in [0.4, 0.5) is 0 Å². The van der Waals surface area contributed by atoms with E-state index in [9.17, 15) is 4.55 Å². The van der Waals surface area contributed by atoms with Crippen LogP contribution >= 0.6 is 0 Å². The summed E-state index contributed by atoms with van der Waals surface area (Å²) in [4.78, 5) is 6.80. The molecule has 4 aromatic rings. The maximum absolute atomic E-state index is 11.4. The van der Waals surface area contributed by atoms with Gasteiger partial charge in [-0.05, 0) is 37.1 Å². The van der Waals surface area contributed by atoms with Crippen molar-refractivity contribution in [3.63, 3.8) is 0 Å². The molecule has 0 aliphatic carbocycles. The summed E-state index contributed by atoms with van der Waals surface area (Å²) in [7, 11) is 0. The predicted molar refractivity (Wildman–Crippen MR) is 124 cm³/mol. The van der Waals surface area contributed by atoms with E-state index in [1.807, 2.05) is 42.7 Å². The number of fused-ring (bicyclic) bond motifs is 1. The zero-order chi connectivity index (χ0) is 21.9. The van der Waals surface area contributed by atoms with E-state index in [4.69, 9.17) is 9.15 Å². The quantitative estimate of drug-likeness (QED) is 0.411. The molecule has 0 saturated carbocycles. The fourth-order valence-electron chi connectivity index (χ4n) is 4.07. The fraction of sp³-hybridized carbons (Fsp3) is 0.304. The van der Waals surface area contributed by atoms with Gasteiger partial charge in [-0.1, -0.05) is 0 Å². The number of hydrogen-bond acceptors (Lipinski definition) is 7. The van der Waals surface area contributed by atoms with Gasteiger partial charge in [-0.25, -0.2) is 4.98 Å². The number of aromatic amines is 1. The number of benzene rings is 1. The summed E-state index contributed by atoms with van der Waals surface area (Å²) in [5, 5.41) is 7.97. The Morgan fingerprint density at radius 2 is 2.12 bits per heavy atom. The molecule has 5 rings (SSSR count). The van der Waals surface area contributed by atoms with Gasteiger partial charge in [-0.2, -0.15) is 5.10 Å². The van der Waals surface area contributed by atoms with E-state index >= 15 is 0 Å². The highest BCUT2D eigenvalue weighted by Gasteiger charge is 2.22. The molecule has 166 valence electrons. The van der Waals surface area contributed by atoms with Crippen molar-refractivity contribution in [1.29, 1.82) is 0 Å². The number of nitrogens with one attached hydrogen (secondary N) is 2. The molecule has 1 aliphatic heterocycles. The smallest absolute Gasteiger partial charge is 0.219 e. The molecule has 1 atom stereocenters. The number of ether oxygens (including phenoxy) is 1. The highest BCUT2D eigenvalue weighted by Crippen LogP contribution is 2.30. The normalized spacial score (nSPS) is 16.4. The zero-order valence-corrected chi connectivity index (χ0v) is 18.6. The number of hydrogen-bond donors (Lipinski definition) is 2.